The summed E-state index contributed by atoms with van der Waals surface area (Å²) in [7, 11) is 3.27. The fourth-order valence-corrected chi connectivity index (χ4v) is 3.60. The summed E-state index contributed by atoms with van der Waals surface area (Å²) in [4.78, 5) is 14.7. The number of carbonyl (C=O) groups is 1. The Balaban J connectivity index is 1.98. The molecular weight excluding hydrogens is 306 g/mol. The molecule has 2 aliphatic rings. The van der Waals surface area contributed by atoms with Crippen LogP contribution in [0.4, 0.5) is 0 Å². The predicted octanol–water partition coefficient (Wildman–Crippen LogP) is 2.56. The Kier molecular flexibility index (Phi) is 4.72. The van der Waals surface area contributed by atoms with E-state index in [1.165, 1.54) is 5.56 Å². The Morgan fingerprint density at radius 2 is 1.83 bits per heavy atom. The molecule has 0 radical (unpaired) electrons. The first-order valence-corrected chi connectivity index (χ1v) is 8.71. The van der Waals surface area contributed by atoms with Crippen molar-refractivity contribution in [2.45, 2.75) is 45.3 Å². The third-order valence-electron chi connectivity index (χ3n) is 5.16. The van der Waals surface area contributed by atoms with Gasteiger partial charge in [-0.2, -0.15) is 0 Å². The Hall–Kier alpha value is -1.75. The van der Waals surface area contributed by atoms with Crippen molar-refractivity contribution < 1.29 is 19.4 Å². The van der Waals surface area contributed by atoms with Crippen molar-refractivity contribution in [3.05, 3.63) is 23.3 Å². The van der Waals surface area contributed by atoms with Gasteiger partial charge in [-0.3, -0.25) is 4.79 Å². The van der Waals surface area contributed by atoms with Crippen molar-refractivity contribution >= 4 is 5.91 Å². The quantitative estimate of drug-likeness (QED) is 0.900. The van der Waals surface area contributed by atoms with Crippen molar-refractivity contribution in [2.75, 3.05) is 20.8 Å². The molecular formula is C19H27NO4. The van der Waals surface area contributed by atoms with E-state index in [1.807, 2.05) is 30.9 Å². The van der Waals surface area contributed by atoms with Crippen LogP contribution in [0.2, 0.25) is 0 Å². The summed E-state index contributed by atoms with van der Waals surface area (Å²) in [5.74, 6) is 1.67. The topological polar surface area (TPSA) is 59.0 Å². The number of ether oxygens (including phenoxy) is 2. The highest BCUT2D eigenvalue weighted by atomic mass is 16.5. The number of hydrogen-bond acceptors (Lipinski definition) is 4. The van der Waals surface area contributed by atoms with Crippen LogP contribution in [0.5, 0.6) is 11.5 Å². The molecule has 1 heterocycles. The van der Waals surface area contributed by atoms with Gasteiger partial charge in [-0.15, -0.1) is 0 Å². The van der Waals surface area contributed by atoms with Crippen molar-refractivity contribution in [3.8, 4) is 11.5 Å². The van der Waals surface area contributed by atoms with E-state index >= 15 is 0 Å². The van der Waals surface area contributed by atoms with Crippen LogP contribution in [-0.4, -0.2) is 42.8 Å². The standard InChI is InChI=1S/C19H27NO4/c1-11(2)18(21)19(22)20-8-7-13-9-15(23-3)16(24-4)10-14(13)17(20)12-5-6-12/h9-12,17-18,21H,5-8H2,1-4H3/t17?,18-/m1/s1. The molecule has 24 heavy (non-hydrogen) atoms. The van der Waals surface area contributed by atoms with Crippen LogP contribution in [-0.2, 0) is 11.2 Å². The number of nitrogens with zero attached hydrogens (tertiary/aromatic N) is 1. The molecule has 2 atom stereocenters. The maximum atomic E-state index is 12.8. The third-order valence-corrected chi connectivity index (χ3v) is 5.16. The Morgan fingerprint density at radius 3 is 2.38 bits per heavy atom. The second-order valence-electron chi connectivity index (χ2n) is 7.16. The van der Waals surface area contributed by atoms with E-state index < -0.39 is 6.10 Å². The highest BCUT2D eigenvalue weighted by Gasteiger charge is 2.43. The summed E-state index contributed by atoms with van der Waals surface area (Å²) in [5.41, 5.74) is 2.36. The fourth-order valence-electron chi connectivity index (χ4n) is 3.60. The first kappa shape index (κ1) is 17.1. The number of amides is 1. The normalized spacial score (nSPS) is 21.4. The Morgan fingerprint density at radius 1 is 1.21 bits per heavy atom. The van der Waals surface area contributed by atoms with Crippen LogP contribution < -0.4 is 9.47 Å². The number of hydrogen-bond donors (Lipinski definition) is 1. The molecule has 0 aromatic heterocycles. The van der Waals surface area contributed by atoms with Gasteiger partial charge < -0.3 is 19.5 Å². The molecule has 0 bridgehead atoms. The van der Waals surface area contributed by atoms with Gasteiger partial charge in [-0.05, 0) is 54.4 Å². The summed E-state index contributed by atoms with van der Waals surface area (Å²) < 4.78 is 10.9. The van der Waals surface area contributed by atoms with E-state index in [0.717, 1.165) is 30.6 Å². The first-order chi connectivity index (χ1) is 11.5. The SMILES string of the molecule is COc1cc2c(cc1OC)C(C1CC1)N(C(=O)[C@H](O)C(C)C)CC2. The van der Waals surface area contributed by atoms with Gasteiger partial charge in [-0.25, -0.2) is 0 Å². The minimum Gasteiger partial charge on any atom is -0.493 e. The zero-order valence-electron chi connectivity index (χ0n) is 14.9. The maximum Gasteiger partial charge on any atom is 0.252 e. The summed E-state index contributed by atoms with van der Waals surface area (Å²) in [6.07, 6.45) is 2.09. The maximum absolute atomic E-state index is 12.8. The monoisotopic (exact) mass is 333 g/mol. The molecule has 1 aromatic carbocycles. The number of methoxy groups -OCH3 is 2. The average Bonchev–Trinajstić information content (AvgIpc) is 3.42. The highest BCUT2D eigenvalue weighted by Crippen LogP contribution is 2.49. The van der Waals surface area contributed by atoms with E-state index in [1.54, 1.807) is 14.2 Å². The van der Waals surface area contributed by atoms with Crippen molar-refractivity contribution in [1.82, 2.24) is 4.90 Å². The van der Waals surface area contributed by atoms with Gasteiger partial charge >= 0.3 is 0 Å². The molecule has 1 fully saturated rings. The molecule has 1 aromatic rings. The molecule has 1 saturated carbocycles. The molecule has 1 aliphatic carbocycles. The molecule has 5 nitrogen and oxygen atoms in total. The number of aliphatic hydroxyl groups is 1. The molecule has 5 heteroatoms. The summed E-state index contributed by atoms with van der Waals surface area (Å²) >= 11 is 0. The number of benzene rings is 1. The van der Waals surface area contributed by atoms with E-state index in [-0.39, 0.29) is 17.9 Å². The first-order valence-electron chi connectivity index (χ1n) is 8.71. The van der Waals surface area contributed by atoms with Gasteiger partial charge in [0.05, 0.1) is 20.3 Å². The largest absolute Gasteiger partial charge is 0.493 e. The van der Waals surface area contributed by atoms with Crippen LogP contribution in [0.15, 0.2) is 12.1 Å². The average molecular weight is 333 g/mol. The van der Waals surface area contributed by atoms with Gasteiger partial charge in [0.2, 0.25) is 0 Å². The lowest BCUT2D eigenvalue weighted by Crippen LogP contribution is -2.47. The molecule has 1 unspecified atom stereocenters. The van der Waals surface area contributed by atoms with Crippen LogP contribution in [0.3, 0.4) is 0 Å². The summed E-state index contributed by atoms with van der Waals surface area (Å²) in [6, 6.07) is 4.08. The van der Waals surface area contributed by atoms with Gasteiger partial charge in [-0.1, -0.05) is 13.8 Å². The molecule has 0 spiro atoms. The van der Waals surface area contributed by atoms with Crippen LogP contribution in [0.1, 0.15) is 43.9 Å². The fraction of sp³-hybridized carbons (Fsp3) is 0.632. The number of fused-ring (bicyclic) bond motifs is 1. The second kappa shape index (κ2) is 6.63. The molecule has 1 N–H and O–H groups in total. The molecule has 132 valence electrons. The Bertz CT molecular complexity index is 624. The van der Waals surface area contributed by atoms with E-state index in [9.17, 15) is 9.90 Å². The molecule has 1 amide bonds. The lowest BCUT2D eigenvalue weighted by atomic mass is 9.88. The van der Waals surface area contributed by atoms with E-state index in [4.69, 9.17) is 9.47 Å². The second-order valence-corrected chi connectivity index (χ2v) is 7.16. The molecule has 1 aliphatic heterocycles. The van der Waals surface area contributed by atoms with Crippen molar-refractivity contribution in [1.29, 1.82) is 0 Å². The third kappa shape index (κ3) is 2.97. The minimum atomic E-state index is -0.937. The summed E-state index contributed by atoms with van der Waals surface area (Å²) in [5, 5.41) is 10.3. The zero-order valence-corrected chi connectivity index (χ0v) is 14.9. The number of aliphatic hydroxyl groups excluding tert-OH is 1. The predicted molar refractivity (Wildman–Crippen MR) is 91.3 cm³/mol. The van der Waals surface area contributed by atoms with Crippen LogP contribution >= 0.6 is 0 Å². The zero-order chi connectivity index (χ0) is 17.4. The van der Waals surface area contributed by atoms with Gasteiger partial charge in [0.1, 0.15) is 6.10 Å². The molecule has 3 rings (SSSR count). The van der Waals surface area contributed by atoms with Gasteiger partial charge in [0.25, 0.3) is 5.91 Å². The van der Waals surface area contributed by atoms with Crippen molar-refractivity contribution in [3.63, 3.8) is 0 Å². The lowest BCUT2D eigenvalue weighted by Gasteiger charge is -2.39. The van der Waals surface area contributed by atoms with E-state index in [2.05, 4.69) is 0 Å². The molecule has 0 saturated heterocycles. The van der Waals surface area contributed by atoms with Crippen LogP contribution in [0.25, 0.3) is 0 Å². The van der Waals surface area contributed by atoms with Gasteiger partial charge in [0.15, 0.2) is 11.5 Å². The smallest absolute Gasteiger partial charge is 0.252 e. The van der Waals surface area contributed by atoms with Crippen molar-refractivity contribution in [2.24, 2.45) is 11.8 Å². The number of rotatable bonds is 5. The highest BCUT2D eigenvalue weighted by molar-refractivity contribution is 5.82. The minimum absolute atomic E-state index is 0.0365. The van der Waals surface area contributed by atoms with Crippen LogP contribution in [0, 0.1) is 11.8 Å². The number of carbonyl (C=O) groups excluding carboxylic acids is 1. The lowest BCUT2D eigenvalue weighted by molar-refractivity contribution is -0.146. The summed E-state index contributed by atoms with van der Waals surface area (Å²) in [6.45, 7) is 4.40. The van der Waals surface area contributed by atoms with E-state index in [0.29, 0.717) is 18.2 Å². The van der Waals surface area contributed by atoms with Gasteiger partial charge in [0, 0.05) is 6.54 Å². The Labute approximate surface area is 143 Å².